The van der Waals surface area contributed by atoms with Gasteiger partial charge in [-0.15, -0.1) is 11.3 Å². The monoisotopic (exact) mass is 507 g/mol. The fourth-order valence-corrected chi connectivity index (χ4v) is 4.83. The zero-order chi connectivity index (χ0) is 23.4. The number of morpholine rings is 1. The first-order chi connectivity index (χ1) is 15.9. The first kappa shape index (κ1) is 23.5. The van der Waals surface area contributed by atoms with E-state index in [0.717, 1.165) is 11.3 Å². The number of carbonyl (C=O) groups is 2. The van der Waals surface area contributed by atoms with Crippen LogP contribution in [0.25, 0.3) is 0 Å². The van der Waals surface area contributed by atoms with E-state index in [1.165, 1.54) is 0 Å². The summed E-state index contributed by atoms with van der Waals surface area (Å²) < 4.78 is 11.3. The summed E-state index contributed by atoms with van der Waals surface area (Å²) in [4.78, 5) is 31.9. The van der Waals surface area contributed by atoms with E-state index in [2.05, 4.69) is 15.6 Å². The molecule has 12 heteroatoms. The third-order valence-electron chi connectivity index (χ3n) is 5.28. The molecule has 0 unspecified atom stereocenters. The Hall–Kier alpha value is -2.68. The molecule has 3 heterocycles. The number of benzene rings is 1. The van der Waals surface area contributed by atoms with Gasteiger partial charge >= 0.3 is 0 Å². The summed E-state index contributed by atoms with van der Waals surface area (Å²) >= 11 is 13.6. The lowest BCUT2D eigenvalue weighted by molar-refractivity contribution is -0.122. The lowest BCUT2D eigenvalue weighted by Crippen LogP contribution is -2.57. The van der Waals surface area contributed by atoms with Crippen molar-refractivity contribution in [1.82, 2.24) is 5.32 Å². The van der Waals surface area contributed by atoms with Gasteiger partial charge in [-0.3, -0.25) is 9.59 Å². The fraction of sp³-hybridized carbons (Fsp3) is 0.333. The van der Waals surface area contributed by atoms with E-state index in [0.29, 0.717) is 57.6 Å². The van der Waals surface area contributed by atoms with Gasteiger partial charge < -0.3 is 25.0 Å². The number of amides is 2. The summed E-state index contributed by atoms with van der Waals surface area (Å²) in [6, 6.07) is 8.28. The minimum Gasteiger partial charge on any atom is -0.378 e. The second-order valence-corrected chi connectivity index (χ2v) is 9.52. The van der Waals surface area contributed by atoms with Crippen molar-refractivity contribution in [3.63, 3.8) is 0 Å². The Morgan fingerprint density at radius 2 is 2.06 bits per heavy atom. The molecule has 2 amide bonds. The first-order valence-corrected chi connectivity index (χ1v) is 11.6. The zero-order valence-corrected chi connectivity index (χ0v) is 19.6. The number of thiophene rings is 1. The minimum absolute atomic E-state index is 0.0528. The first-order valence-electron chi connectivity index (χ1n) is 9.99. The Balaban J connectivity index is 1.51. The van der Waals surface area contributed by atoms with E-state index in [-0.39, 0.29) is 13.2 Å². The van der Waals surface area contributed by atoms with Crippen LogP contribution in [-0.2, 0) is 14.3 Å². The molecule has 0 spiro atoms. The molecule has 2 N–H and O–H groups in total. The largest absolute Gasteiger partial charge is 0.378 e. The maximum Gasteiger partial charge on any atom is 0.262 e. The van der Waals surface area contributed by atoms with Gasteiger partial charge in [0.25, 0.3) is 11.8 Å². The van der Waals surface area contributed by atoms with Crippen LogP contribution in [0.4, 0.5) is 11.4 Å². The molecule has 2 fully saturated rings. The average molecular weight is 508 g/mol. The van der Waals surface area contributed by atoms with Gasteiger partial charge in [0.1, 0.15) is 18.0 Å². The van der Waals surface area contributed by atoms with Gasteiger partial charge in [-0.05, 0) is 30.3 Å². The van der Waals surface area contributed by atoms with Gasteiger partial charge in [0, 0.05) is 25.3 Å². The van der Waals surface area contributed by atoms with Crippen molar-refractivity contribution < 1.29 is 19.1 Å². The molecule has 2 aliphatic rings. The van der Waals surface area contributed by atoms with Crippen molar-refractivity contribution in [1.29, 1.82) is 5.26 Å². The molecule has 1 atom stereocenters. The highest BCUT2D eigenvalue weighted by molar-refractivity contribution is 7.18. The number of aliphatic imine (C=N–C) groups is 1. The Labute approximate surface area is 203 Å². The van der Waals surface area contributed by atoms with Crippen molar-refractivity contribution in [3.8, 4) is 6.19 Å². The number of anilines is 2. The Kier molecular flexibility index (Phi) is 7.17. The van der Waals surface area contributed by atoms with Crippen molar-refractivity contribution in [3.05, 3.63) is 44.6 Å². The van der Waals surface area contributed by atoms with Crippen LogP contribution in [0.5, 0.6) is 0 Å². The molecule has 0 saturated carbocycles. The van der Waals surface area contributed by atoms with Crippen LogP contribution in [0.15, 0.2) is 35.3 Å². The topological polar surface area (TPSA) is 116 Å². The van der Waals surface area contributed by atoms with Crippen molar-refractivity contribution in [2.24, 2.45) is 4.99 Å². The number of hydrogen-bond donors (Lipinski definition) is 2. The lowest BCUT2D eigenvalue weighted by Gasteiger charge is -2.30. The van der Waals surface area contributed by atoms with Crippen molar-refractivity contribution >= 4 is 63.6 Å². The molecule has 0 radical (unpaired) electrons. The van der Waals surface area contributed by atoms with Crippen LogP contribution in [0.1, 0.15) is 16.1 Å². The van der Waals surface area contributed by atoms with E-state index >= 15 is 0 Å². The maximum absolute atomic E-state index is 13.2. The molecular weight excluding hydrogens is 489 g/mol. The molecule has 33 heavy (non-hydrogen) atoms. The molecule has 4 rings (SSSR count). The van der Waals surface area contributed by atoms with Gasteiger partial charge in [-0.2, -0.15) is 10.3 Å². The number of amidine groups is 1. The SMILES string of the molecule is N#C/N=C1/COCCN1c1ccc(NC(=O)[C@]2(NC(=O)c3ccc(Cl)s3)CCOC2)cc1Cl. The second kappa shape index (κ2) is 10.1. The average Bonchev–Trinajstić information content (AvgIpc) is 3.45. The number of nitrogens with zero attached hydrogens (tertiary/aromatic N) is 3. The smallest absolute Gasteiger partial charge is 0.262 e. The number of ether oxygens (including phenoxy) is 2. The molecule has 1 aromatic carbocycles. The van der Waals surface area contributed by atoms with Crippen LogP contribution in [0.2, 0.25) is 9.36 Å². The highest BCUT2D eigenvalue weighted by Crippen LogP contribution is 2.31. The molecule has 2 aliphatic heterocycles. The van der Waals surface area contributed by atoms with Crippen molar-refractivity contribution in [2.45, 2.75) is 12.0 Å². The summed E-state index contributed by atoms with van der Waals surface area (Å²) in [7, 11) is 0. The molecule has 9 nitrogen and oxygen atoms in total. The number of nitrogens with one attached hydrogen (secondary N) is 2. The second-order valence-electron chi connectivity index (χ2n) is 7.40. The van der Waals surface area contributed by atoms with Crippen LogP contribution >= 0.6 is 34.5 Å². The maximum atomic E-state index is 13.2. The van der Waals surface area contributed by atoms with E-state index in [1.54, 1.807) is 41.4 Å². The molecular formula is C21H19Cl2N5O4S. The van der Waals surface area contributed by atoms with Crippen LogP contribution in [0, 0.1) is 11.5 Å². The lowest BCUT2D eigenvalue weighted by atomic mass is 9.97. The number of rotatable bonds is 5. The third kappa shape index (κ3) is 5.13. The van der Waals surface area contributed by atoms with Gasteiger partial charge in [-0.1, -0.05) is 23.2 Å². The van der Waals surface area contributed by atoms with Crippen LogP contribution < -0.4 is 15.5 Å². The van der Waals surface area contributed by atoms with Gasteiger partial charge in [0.2, 0.25) is 6.19 Å². The molecule has 2 saturated heterocycles. The summed E-state index contributed by atoms with van der Waals surface area (Å²) in [6.45, 7) is 1.57. The number of hydrogen-bond acceptors (Lipinski definition) is 7. The van der Waals surface area contributed by atoms with Crippen molar-refractivity contribution in [2.75, 3.05) is 43.2 Å². The van der Waals surface area contributed by atoms with Gasteiger partial charge in [-0.25, -0.2) is 0 Å². The summed E-state index contributed by atoms with van der Waals surface area (Å²) in [5.74, 6) is -0.337. The van der Waals surface area contributed by atoms with E-state index in [4.69, 9.17) is 37.9 Å². The molecule has 0 bridgehead atoms. The molecule has 172 valence electrons. The van der Waals surface area contributed by atoms with Crippen LogP contribution in [-0.4, -0.2) is 56.2 Å². The number of nitriles is 1. The molecule has 1 aromatic heterocycles. The Bertz CT molecular complexity index is 1140. The Morgan fingerprint density at radius 3 is 2.73 bits per heavy atom. The van der Waals surface area contributed by atoms with Crippen LogP contribution in [0.3, 0.4) is 0 Å². The Morgan fingerprint density at radius 1 is 1.21 bits per heavy atom. The molecule has 0 aliphatic carbocycles. The third-order valence-corrected chi connectivity index (χ3v) is 6.82. The minimum atomic E-state index is -1.21. The number of halogens is 2. The fourth-order valence-electron chi connectivity index (χ4n) is 3.61. The predicted molar refractivity (Wildman–Crippen MR) is 126 cm³/mol. The van der Waals surface area contributed by atoms with Gasteiger partial charge in [0.15, 0.2) is 0 Å². The summed E-state index contributed by atoms with van der Waals surface area (Å²) in [5, 5.41) is 14.9. The van der Waals surface area contributed by atoms with E-state index in [9.17, 15) is 9.59 Å². The van der Waals surface area contributed by atoms with Gasteiger partial charge in [0.05, 0.1) is 33.1 Å². The summed E-state index contributed by atoms with van der Waals surface area (Å²) in [6.07, 6.45) is 2.10. The quantitative estimate of drug-likeness (QED) is 0.599. The highest BCUT2D eigenvalue weighted by Gasteiger charge is 2.44. The summed E-state index contributed by atoms with van der Waals surface area (Å²) in [5.41, 5.74) is -0.107. The van der Waals surface area contributed by atoms with E-state index < -0.39 is 17.4 Å². The normalized spacial score (nSPS) is 21.6. The zero-order valence-electron chi connectivity index (χ0n) is 17.3. The number of carbonyl (C=O) groups excluding carboxylic acids is 2. The highest BCUT2D eigenvalue weighted by atomic mass is 35.5. The standard InChI is InChI=1S/C21H19Cl2N5O4S/c22-14-9-13(1-2-15(14)28-6-8-31-10-18(28)25-12-24)26-20(30)21(5-7-32-11-21)27-19(29)16-3-4-17(23)33-16/h1-4,9H,5-8,10-11H2,(H,26,30)(H,27,29)/b25-18-/t21-/m0/s1. The predicted octanol–water partition coefficient (Wildman–Crippen LogP) is 3.30. The van der Waals surface area contributed by atoms with E-state index in [1.807, 2.05) is 0 Å². The molecule has 2 aromatic rings.